The number of nitrogens with zero attached hydrogens (tertiary/aromatic N) is 1. The van der Waals surface area contributed by atoms with Gasteiger partial charge in [-0.15, -0.1) is 0 Å². The molecule has 0 spiro atoms. The molecule has 1 saturated heterocycles. The number of β-amino-alcohol motifs (C(OH)–C–C–N with tert-alkyl or cyclic N) is 1. The second-order valence-electron chi connectivity index (χ2n) is 4.28. The Kier molecular flexibility index (Phi) is 4.16. The van der Waals surface area contributed by atoms with Crippen molar-refractivity contribution in [2.75, 3.05) is 18.4 Å². The summed E-state index contributed by atoms with van der Waals surface area (Å²) in [6.45, 7) is 0.503. The van der Waals surface area contributed by atoms with Crippen molar-refractivity contribution in [1.82, 2.24) is 4.90 Å². The molecule has 0 radical (unpaired) electrons. The van der Waals surface area contributed by atoms with Crippen LogP contribution in [0.1, 0.15) is 6.42 Å². The zero-order valence-electron chi connectivity index (χ0n) is 9.90. The second-order valence-corrected chi connectivity index (χ2v) is 5.13. The van der Waals surface area contributed by atoms with E-state index in [0.29, 0.717) is 13.0 Å². The number of halogens is 2. The molecule has 1 heterocycles. The van der Waals surface area contributed by atoms with Crippen LogP contribution in [0.4, 0.5) is 10.1 Å². The van der Waals surface area contributed by atoms with Gasteiger partial charge in [-0.05, 0) is 40.5 Å². The minimum absolute atomic E-state index is 0.154. The van der Waals surface area contributed by atoms with Gasteiger partial charge in [0.1, 0.15) is 5.82 Å². The van der Waals surface area contributed by atoms with Gasteiger partial charge in [-0.2, -0.15) is 0 Å². The van der Waals surface area contributed by atoms with E-state index in [1.54, 1.807) is 0 Å². The summed E-state index contributed by atoms with van der Waals surface area (Å²) in [5.74, 6) is -2.09. The normalized spacial score (nSPS) is 18.5. The van der Waals surface area contributed by atoms with E-state index in [9.17, 15) is 19.1 Å². The molecule has 2 N–H and O–H groups in total. The summed E-state index contributed by atoms with van der Waals surface area (Å²) in [7, 11) is 0. The maximum absolute atomic E-state index is 13.3. The van der Waals surface area contributed by atoms with Gasteiger partial charge >= 0.3 is 11.8 Å². The monoisotopic (exact) mass is 330 g/mol. The maximum atomic E-state index is 13.3. The van der Waals surface area contributed by atoms with Crippen molar-refractivity contribution in [2.45, 2.75) is 12.5 Å². The van der Waals surface area contributed by atoms with Gasteiger partial charge in [0.25, 0.3) is 0 Å². The number of anilines is 1. The van der Waals surface area contributed by atoms with E-state index < -0.39 is 23.7 Å². The number of aliphatic hydroxyl groups is 1. The summed E-state index contributed by atoms with van der Waals surface area (Å²) in [5.41, 5.74) is 0.207. The fourth-order valence-corrected chi connectivity index (χ4v) is 2.07. The van der Waals surface area contributed by atoms with E-state index in [0.717, 1.165) is 6.07 Å². The molecule has 0 bridgehead atoms. The van der Waals surface area contributed by atoms with Crippen LogP contribution in [-0.4, -0.2) is 41.0 Å². The number of amides is 2. The molecule has 1 aliphatic heterocycles. The van der Waals surface area contributed by atoms with E-state index >= 15 is 0 Å². The third-order valence-corrected chi connectivity index (χ3v) is 3.47. The molecule has 19 heavy (non-hydrogen) atoms. The van der Waals surface area contributed by atoms with Gasteiger partial charge in [0, 0.05) is 18.8 Å². The quantitative estimate of drug-likeness (QED) is 0.758. The lowest BCUT2D eigenvalue weighted by molar-refractivity contribution is -0.142. The molecule has 1 aliphatic rings. The van der Waals surface area contributed by atoms with Crippen LogP contribution >= 0.6 is 15.9 Å². The Labute approximate surface area is 117 Å². The molecule has 1 aromatic carbocycles. The third kappa shape index (κ3) is 3.30. The molecule has 7 heteroatoms. The van der Waals surface area contributed by atoms with Crippen molar-refractivity contribution in [3.05, 3.63) is 28.5 Å². The Morgan fingerprint density at radius 3 is 2.79 bits per heavy atom. The number of aliphatic hydroxyl groups excluding tert-OH is 1. The maximum Gasteiger partial charge on any atom is 0.313 e. The van der Waals surface area contributed by atoms with Crippen LogP contribution in [0.3, 0.4) is 0 Å². The molecular weight excluding hydrogens is 319 g/mol. The molecule has 1 fully saturated rings. The van der Waals surface area contributed by atoms with Crippen molar-refractivity contribution < 1.29 is 19.1 Å². The van der Waals surface area contributed by atoms with Crippen LogP contribution < -0.4 is 5.32 Å². The van der Waals surface area contributed by atoms with Gasteiger partial charge < -0.3 is 15.3 Å². The van der Waals surface area contributed by atoms with Gasteiger partial charge in [-0.3, -0.25) is 9.59 Å². The average Bonchev–Trinajstić information content (AvgIpc) is 2.79. The molecule has 5 nitrogen and oxygen atoms in total. The summed E-state index contributed by atoms with van der Waals surface area (Å²) in [4.78, 5) is 24.7. The number of carbonyl (C=O) groups excluding carboxylic acids is 2. The van der Waals surface area contributed by atoms with Gasteiger partial charge in [0.05, 0.1) is 10.6 Å². The second kappa shape index (κ2) is 5.66. The Morgan fingerprint density at radius 2 is 2.21 bits per heavy atom. The van der Waals surface area contributed by atoms with E-state index in [1.165, 1.54) is 17.0 Å². The Morgan fingerprint density at radius 1 is 1.47 bits per heavy atom. The third-order valence-electron chi connectivity index (χ3n) is 2.82. The Bertz CT molecular complexity index is 524. The molecule has 1 atom stereocenters. The van der Waals surface area contributed by atoms with E-state index in [1.807, 2.05) is 0 Å². The highest BCUT2D eigenvalue weighted by molar-refractivity contribution is 9.10. The average molecular weight is 331 g/mol. The van der Waals surface area contributed by atoms with Crippen molar-refractivity contribution in [2.24, 2.45) is 0 Å². The summed E-state index contributed by atoms with van der Waals surface area (Å²) in [5, 5.41) is 11.6. The predicted octanol–water partition coefficient (Wildman–Crippen LogP) is 1.12. The minimum Gasteiger partial charge on any atom is -0.391 e. The standard InChI is InChI=1S/C12H12BrFN2O3/c13-9-2-1-7(5-10(9)14)15-11(18)12(19)16-4-3-8(17)6-16/h1-2,5,8,17H,3-4,6H2,(H,15,18)/t8-/m1/s1. The van der Waals surface area contributed by atoms with Gasteiger partial charge in [-0.25, -0.2) is 4.39 Å². The zero-order chi connectivity index (χ0) is 14.0. The molecule has 0 aromatic heterocycles. The van der Waals surface area contributed by atoms with Crippen LogP contribution in [-0.2, 0) is 9.59 Å². The highest BCUT2D eigenvalue weighted by atomic mass is 79.9. The smallest absolute Gasteiger partial charge is 0.313 e. The topological polar surface area (TPSA) is 69.6 Å². The van der Waals surface area contributed by atoms with Crippen molar-refractivity contribution >= 4 is 33.4 Å². The van der Waals surface area contributed by atoms with Gasteiger partial charge in [0.2, 0.25) is 0 Å². The number of benzene rings is 1. The van der Waals surface area contributed by atoms with E-state index in [4.69, 9.17) is 0 Å². The number of hydrogen-bond donors (Lipinski definition) is 2. The number of likely N-dealkylation sites (tertiary alicyclic amines) is 1. The SMILES string of the molecule is O=C(Nc1ccc(Br)c(F)c1)C(=O)N1CC[C@@H](O)C1. The highest BCUT2D eigenvalue weighted by Gasteiger charge is 2.28. The molecule has 0 unspecified atom stereocenters. The van der Waals surface area contributed by atoms with Crippen molar-refractivity contribution in [3.8, 4) is 0 Å². The summed E-state index contributed by atoms with van der Waals surface area (Å²) in [6.07, 6.45) is -0.117. The molecule has 102 valence electrons. The fourth-order valence-electron chi connectivity index (χ4n) is 1.83. The largest absolute Gasteiger partial charge is 0.391 e. The fraction of sp³-hybridized carbons (Fsp3) is 0.333. The predicted molar refractivity (Wildman–Crippen MR) is 69.9 cm³/mol. The summed E-state index contributed by atoms with van der Waals surface area (Å²) >= 11 is 2.99. The molecule has 0 aliphatic carbocycles. The van der Waals surface area contributed by atoms with Gasteiger partial charge in [-0.1, -0.05) is 0 Å². The highest BCUT2D eigenvalue weighted by Crippen LogP contribution is 2.19. The lowest BCUT2D eigenvalue weighted by atomic mass is 10.3. The first kappa shape index (κ1) is 14.0. The zero-order valence-corrected chi connectivity index (χ0v) is 11.5. The first-order valence-corrected chi connectivity index (χ1v) is 6.50. The van der Waals surface area contributed by atoms with Crippen LogP contribution in [0, 0.1) is 5.82 Å². The first-order chi connectivity index (χ1) is 8.97. The van der Waals surface area contributed by atoms with Crippen LogP contribution in [0.25, 0.3) is 0 Å². The van der Waals surface area contributed by atoms with Crippen molar-refractivity contribution in [1.29, 1.82) is 0 Å². The first-order valence-electron chi connectivity index (χ1n) is 5.71. The number of nitrogens with one attached hydrogen (secondary N) is 1. The molecule has 2 amide bonds. The van der Waals surface area contributed by atoms with E-state index in [2.05, 4.69) is 21.2 Å². The van der Waals surface area contributed by atoms with Gasteiger partial charge in [0.15, 0.2) is 0 Å². The van der Waals surface area contributed by atoms with Crippen LogP contribution in [0.2, 0.25) is 0 Å². The number of carbonyl (C=O) groups is 2. The Balaban J connectivity index is 2.00. The minimum atomic E-state index is -0.837. The molecule has 1 aromatic rings. The lowest BCUT2D eigenvalue weighted by Gasteiger charge is -2.14. The van der Waals surface area contributed by atoms with Crippen LogP contribution in [0.5, 0.6) is 0 Å². The van der Waals surface area contributed by atoms with Crippen molar-refractivity contribution in [3.63, 3.8) is 0 Å². The molecule has 0 saturated carbocycles. The lowest BCUT2D eigenvalue weighted by Crippen LogP contribution is -2.38. The van der Waals surface area contributed by atoms with E-state index in [-0.39, 0.29) is 16.7 Å². The number of rotatable bonds is 1. The number of hydrogen-bond acceptors (Lipinski definition) is 3. The van der Waals surface area contributed by atoms with Crippen LogP contribution in [0.15, 0.2) is 22.7 Å². The summed E-state index contributed by atoms with van der Waals surface area (Å²) in [6, 6.07) is 4.04. The summed E-state index contributed by atoms with van der Waals surface area (Å²) < 4.78 is 13.5. The Hall–Kier alpha value is -1.47. The molecule has 2 rings (SSSR count). The molecular formula is C12H12BrFN2O3.